The number of hydrogen-bond acceptors (Lipinski definition) is 4. The molecule has 1 saturated heterocycles. The van der Waals surface area contributed by atoms with Crippen LogP contribution in [0.5, 0.6) is 11.5 Å². The second-order valence-corrected chi connectivity index (χ2v) is 6.79. The predicted octanol–water partition coefficient (Wildman–Crippen LogP) is 3.38. The number of aryl methyl sites for hydroxylation is 2. The smallest absolute Gasteiger partial charge is 0.119 e. The lowest BCUT2D eigenvalue weighted by Crippen LogP contribution is -2.36. The molecule has 1 fully saturated rings. The highest BCUT2D eigenvalue weighted by Gasteiger charge is 2.19. The summed E-state index contributed by atoms with van der Waals surface area (Å²) in [6.45, 7) is 7.47. The number of methoxy groups -OCH3 is 1. The van der Waals surface area contributed by atoms with E-state index in [2.05, 4.69) is 27.6 Å². The lowest BCUT2D eigenvalue weighted by Gasteiger charge is -2.31. The summed E-state index contributed by atoms with van der Waals surface area (Å²) in [4.78, 5) is 6.86. The number of nitrogens with zero attached hydrogens (tertiary/aromatic N) is 3. The molecule has 25 heavy (non-hydrogen) atoms. The van der Waals surface area contributed by atoms with Gasteiger partial charge >= 0.3 is 0 Å². The van der Waals surface area contributed by atoms with Crippen molar-refractivity contribution in [2.24, 2.45) is 5.92 Å². The van der Waals surface area contributed by atoms with Gasteiger partial charge in [0.1, 0.15) is 17.3 Å². The van der Waals surface area contributed by atoms with E-state index in [1.807, 2.05) is 30.5 Å². The average molecular weight is 343 g/mol. The van der Waals surface area contributed by atoms with E-state index in [0.29, 0.717) is 5.92 Å². The van der Waals surface area contributed by atoms with E-state index in [-0.39, 0.29) is 0 Å². The zero-order valence-corrected chi connectivity index (χ0v) is 15.4. The molecule has 0 atom stereocenters. The monoisotopic (exact) mass is 343 g/mol. The van der Waals surface area contributed by atoms with Gasteiger partial charge in [-0.2, -0.15) is 0 Å². The summed E-state index contributed by atoms with van der Waals surface area (Å²) in [7, 11) is 1.68. The minimum Gasteiger partial charge on any atom is -0.497 e. The first-order valence-corrected chi connectivity index (χ1v) is 9.21. The molecule has 1 aromatic heterocycles. The van der Waals surface area contributed by atoms with Gasteiger partial charge in [-0.25, -0.2) is 4.98 Å². The normalized spacial score (nSPS) is 16.1. The number of hydrogen-bond donors (Lipinski definition) is 0. The third kappa shape index (κ3) is 5.23. The molecule has 1 aliphatic rings. The van der Waals surface area contributed by atoms with Crippen LogP contribution in [0.25, 0.3) is 0 Å². The summed E-state index contributed by atoms with van der Waals surface area (Å²) >= 11 is 0. The number of ether oxygens (including phenoxy) is 2. The molecule has 0 amide bonds. The van der Waals surface area contributed by atoms with Crippen molar-refractivity contribution in [3.63, 3.8) is 0 Å². The Labute approximate surface area is 150 Å². The predicted molar refractivity (Wildman–Crippen MR) is 99.2 cm³/mol. The van der Waals surface area contributed by atoms with E-state index < -0.39 is 0 Å². The molecule has 136 valence electrons. The molecule has 1 aromatic carbocycles. The summed E-state index contributed by atoms with van der Waals surface area (Å²) in [6.07, 6.45) is 7.58. The van der Waals surface area contributed by atoms with Crippen LogP contribution in [0.2, 0.25) is 0 Å². The van der Waals surface area contributed by atoms with Crippen LogP contribution in [0.4, 0.5) is 0 Å². The van der Waals surface area contributed by atoms with E-state index in [1.54, 1.807) is 7.11 Å². The summed E-state index contributed by atoms with van der Waals surface area (Å²) < 4.78 is 13.3. The third-order valence-electron chi connectivity index (χ3n) is 5.05. The second kappa shape index (κ2) is 8.90. The van der Waals surface area contributed by atoms with E-state index in [1.165, 1.54) is 38.9 Å². The topological polar surface area (TPSA) is 39.5 Å². The number of rotatable bonds is 8. The first-order valence-electron chi connectivity index (χ1n) is 9.21. The molecule has 5 heteroatoms. The second-order valence-electron chi connectivity index (χ2n) is 6.79. The highest BCUT2D eigenvalue weighted by molar-refractivity contribution is 5.31. The van der Waals surface area contributed by atoms with Crippen LogP contribution in [0, 0.1) is 12.8 Å². The van der Waals surface area contributed by atoms with Crippen LogP contribution in [0.3, 0.4) is 0 Å². The van der Waals surface area contributed by atoms with Crippen molar-refractivity contribution in [1.29, 1.82) is 0 Å². The molecular formula is C20H29N3O2. The van der Waals surface area contributed by atoms with Gasteiger partial charge in [0.15, 0.2) is 0 Å². The standard InChI is InChI=1S/C20H29N3O2/c1-17-21-10-15-23(17)12-3-11-22-13-8-18(9-14-22)16-25-20-6-4-19(24-2)5-7-20/h4-7,10,15,18H,3,8-9,11-14,16H2,1-2H3. The fourth-order valence-electron chi connectivity index (χ4n) is 3.37. The van der Waals surface area contributed by atoms with Gasteiger partial charge in [-0.05, 0) is 76.0 Å². The Hall–Kier alpha value is -2.01. The van der Waals surface area contributed by atoms with Crippen molar-refractivity contribution in [2.75, 3.05) is 33.4 Å². The van der Waals surface area contributed by atoms with Crippen LogP contribution < -0.4 is 9.47 Å². The van der Waals surface area contributed by atoms with Crippen molar-refractivity contribution in [3.05, 3.63) is 42.5 Å². The highest BCUT2D eigenvalue weighted by atomic mass is 16.5. The Balaban J connectivity index is 1.32. The van der Waals surface area contributed by atoms with E-state index in [4.69, 9.17) is 9.47 Å². The number of piperidine rings is 1. The summed E-state index contributed by atoms with van der Waals surface area (Å²) in [5, 5.41) is 0. The van der Waals surface area contributed by atoms with Crippen LogP contribution in [0.1, 0.15) is 25.1 Å². The van der Waals surface area contributed by atoms with Crippen LogP contribution >= 0.6 is 0 Å². The van der Waals surface area contributed by atoms with Crippen molar-refractivity contribution < 1.29 is 9.47 Å². The molecule has 0 aliphatic carbocycles. The highest BCUT2D eigenvalue weighted by Crippen LogP contribution is 2.21. The molecule has 0 unspecified atom stereocenters. The maximum atomic E-state index is 5.94. The summed E-state index contributed by atoms with van der Waals surface area (Å²) in [5.41, 5.74) is 0. The fourth-order valence-corrected chi connectivity index (χ4v) is 3.37. The van der Waals surface area contributed by atoms with Gasteiger partial charge in [0, 0.05) is 18.9 Å². The Kier molecular flexibility index (Phi) is 6.34. The molecule has 2 aromatic rings. The average Bonchev–Trinajstić information content (AvgIpc) is 3.06. The SMILES string of the molecule is COc1ccc(OCC2CCN(CCCn3ccnc3C)CC2)cc1. The first kappa shape index (κ1) is 17.8. The minimum absolute atomic E-state index is 0.661. The quantitative estimate of drug-likeness (QED) is 0.737. The first-order chi connectivity index (χ1) is 12.2. The fraction of sp³-hybridized carbons (Fsp3) is 0.550. The molecule has 2 heterocycles. The molecule has 0 saturated carbocycles. The number of aromatic nitrogens is 2. The molecule has 1 aliphatic heterocycles. The van der Waals surface area contributed by atoms with Crippen molar-refractivity contribution in [2.45, 2.75) is 32.7 Å². The van der Waals surface area contributed by atoms with Crippen molar-refractivity contribution in [3.8, 4) is 11.5 Å². The zero-order chi connectivity index (χ0) is 17.5. The largest absolute Gasteiger partial charge is 0.497 e. The van der Waals surface area contributed by atoms with Gasteiger partial charge in [-0.1, -0.05) is 0 Å². The number of benzene rings is 1. The van der Waals surface area contributed by atoms with Gasteiger partial charge in [0.05, 0.1) is 13.7 Å². The maximum absolute atomic E-state index is 5.94. The molecule has 0 N–H and O–H groups in total. The molecule has 0 bridgehead atoms. The van der Waals surface area contributed by atoms with E-state index in [9.17, 15) is 0 Å². The van der Waals surface area contributed by atoms with Gasteiger partial charge in [-0.15, -0.1) is 0 Å². The molecule has 0 spiro atoms. The maximum Gasteiger partial charge on any atom is 0.119 e. The molecule has 0 radical (unpaired) electrons. The summed E-state index contributed by atoms with van der Waals surface area (Å²) in [6, 6.07) is 7.85. The summed E-state index contributed by atoms with van der Waals surface area (Å²) in [5.74, 6) is 3.56. The Morgan fingerprint density at radius 3 is 2.44 bits per heavy atom. The lowest BCUT2D eigenvalue weighted by atomic mass is 9.97. The van der Waals surface area contributed by atoms with Gasteiger partial charge in [-0.3, -0.25) is 0 Å². The Bertz CT molecular complexity index is 631. The third-order valence-corrected chi connectivity index (χ3v) is 5.05. The van der Waals surface area contributed by atoms with Crippen molar-refractivity contribution in [1.82, 2.24) is 14.5 Å². The van der Waals surface area contributed by atoms with Crippen LogP contribution in [-0.4, -0.2) is 47.8 Å². The van der Waals surface area contributed by atoms with Gasteiger partial charge in [0.2, 0.25) is 0 Å². The van der Waals surface area contributed by atoms with E-state index >= 15 is 0 Å². The lowest BCUT2D eigenvalue weighted by molar-refractivity contribution is 0.139. The zero-order valence-electron chi connectivity index (χ0n) is 15.4. The Morgan fingerprint density at radius 1 is 1.08 bits per heavy atom. The van der Waals surface area contributed by atoms with Crippen LogP contribution in [0.15, 0.2) is 36.7 Å². The van der Waals surface area contributed by atoms with Gasteiger partial charge in [0.25, 0.3) is 0 Å². The molecular weight excluding hydrogens is 314 g/mol. The molecule has 3 rings (SSSR count). The minimum atomic E-state index is 0.661. The van der Waals surface area contributed by atoms with Gasteiger partial charge < -0.3 is 18.9 Å². The van der Waals surface area contributed by atoms with E-state index in [0.717, 1.165) is 30.5 Å². The Morgan fingerprint density at radius 2 is 1.80 bits per heavy atom. The molecule has 5 nitrogen and oxygen atoms in total. The number of likely N-dealkylation sites (tertiary alicyclic amines) is 1. The van der Waals surface area contributed by atoms with Crippen LogP contribution in [-0.2, 0) is 6.54 Å². The van der Waals surface area contributed by atoms with Crippen molar-refractivity contribution >= 4 is 0 Å². The number of imidazole rings is 1.